The Labute approximate surface area is 151 Å². The Morgan fingerprint density at radius 2 is 1.75 bits per heavy atom. The number of piperazine rings is 1. The third-order valence-corrected chi connectivity index (χ3v) is 4.21. The first-order valence-corrected chi connectivity index (χ1v) is 8.39. The second kappa shape index (κ2) is 6.98. The van der Waals surface area contributed by atoms with Crippen LogP contribution in [0.3, 0.4) is 0 Å². The van der Waals surface area contributed by atoms with Gasteiger partial charge in [0.25, 0.3) is 0 Å². The predicted molar refractivity (Wildman–Crippen MR) is 89.1 cm³/mol. The highest BCUT2D eigenvalue weighted by Crippen LogP contribution is 2.32. The second-order valence-electron chi connectivity index (χ2n) is 6.44. The fourth-order valence-electron chi connectivity index (χ4n) is 1.97. The van der Waals surface area contributed by atoms with E-state index in [2.05, 4.69) is 10.2 Å². The van der Waals surface area contributed by atoms with Crippen LogP contribution in [0.4, 0.5) is 19.0 Å². The van der Waals surface area contributed by atoms with E-state index in [4.69, 9.17) is 4.84 Å². The molecule has 10 heteroatoms. The number of alkyl halides is 3. The summed E-state index contributed by atoms with van der Waals surface area (Å²) in [5.74, 6) is 0.0639. The molecule has 0 bridgehead atoms. The molecule has 0 unspecified atom stereocenters. The Bertz CT molecular complexity index is 611. The van der Waals surface area contributed by atoms with Crippen molar-refractivity contribution in [3.63, 3.8) is 0 Å². The maximum Gasteiger partial charge on any atom is 0.436 e. The largest absolute Gasteiger partial charge is 0.436 e. The molecule has 1 aromatic rings. The highest BCUT2D eigenvalue weighted by Gasteiger charge is 2.36. The highest BCUT2D eigenvalue weighted by atomic mass is 127. The number of halogens is 4. The summed E-state index contributed by atoms with van der Waals surface area (Å²) in [6, 6.07) is 1.37. The summed E-state index contributed by atoms with van der Waals surface area (Å²) >= 11 is 1.61. The molecule has 0 atom stereocenters. The lowest BCUT2D eigenvalue weighted by Crippen LogP contribution is -2.48. The van der Waals surface area contributed by atoms with E-state index in [0.717, 1.165) is 0 Å². The Hall–Kier alpha value is -1.17. The van der Waals surface area contributed by atoms with Gasteiger partial charge < -0.3 is 9.74 Å². The molecule has 1 aliphatic heterocycles. The number of hydrogen-bond donors (Lipinski definition) is 0. The Balaban J connectivity index is 1.98. The zero-order chi connectivity index (χ0) is 18.1. The van der Waals surface area contributed by atoms with Crippen LogP contribution in [-0.4, -0.2) is 47.4 Å². The Kier molecular flexibility index (Phi) is 5.57. The Morgan fingerprint density at radius 1 is 1.17 bits per heavy atom. The maximum atomic E-state index is 12.7. The molecule has 134 valence electrons. The molecule has 0 saturated carbocycles. The smallest absolute Gasteiger partial charge is 0.367 e. The fourth-order valence-corrected chi connectivity index (χ4v) is 2.66. The van der Waals surface area contributed by atoms with Gasteiger partial charge in [0, 0.05) is 16.7 Å². The molecule has 0 amide bonds. The molecule has 0 aromatic carbocycles. The molecule has 2 rings (SSSR count). The lowest BCUT2D eigenvalue weighted by atomic mass is 9.98. The molecule has 0 N–H and O–H groups in total. The van der Waals surface area contributed by atoms with Crippen molar-refractivity contribution in [3.8, 4) is 0 Å². The van der Waals surface area contributed by atoms with Crippen LogP contribution in [0.5, 0.6) is 0 Å². The molecule has 0 spiro atoms. The molecular weight excluding hydrogens is 440 g/mol. The van der Waals surface area contributed by atoms with Gasteiger partial charge in [-0.25, -0.2) is 4.79 Å². The van der Waals surface area contributed by atoms with E-state index < -0.39 is 17.3 Å². The van der Waals surface area contributed by atoms with Gasteiger partial charge in [-0.05, 0) is 49.4 Å². The fraction of sp³-hybridized carbons (Fsp3) is 0.643. The molecule has 0 aliphatic carbocycles. The van der Waals surface area contributed by atoms with Crippen molar-refractivity contribution in [1.29, 1.82) is 0 Å². The number of anilines is 1. The van der Waals surface area contributed by atoms with Crippen LogP contribution in [-0.2, 0) is 15.8 Å². The monoisotopic (exact) mass is 458 g/mol. The topological polar surface area (TPSA) is 58.6 Å². The standard InChI is InChI=1S/C14H18F3IN4O2/c1-13(2,3)12(23)24-22-6-4-21(5-7-22)10-8-9(18)11(20-19-10)14(15,16)17/h8H,4-7H2,1-3H3. The van der Waals surface area contributed by atoms with Crippen molar-refractivity contribution in [2.75, 3.05) is 31.1 Å². The molecule has 2 heterocycles. The van der Waals surface area contributed by atoms with Crippen molar-refractivity contribution in [2.24, 2.45) is 5.41 Å². The molecule has 0 radical (unpaired) electrons. The van der Waals surface area contributed by atoms with Crippen LogP contribution in [0.15, 0.2) is 6.07 Å². The first-order chi connectivity index (χ1) is 11.0. The summed E-state index contributed by atoms with van der Waals surface area (Å²) < 4.78 is 38.2. The van der Waals surface area contributed by atoms with Crippen LogP contribution in [0.25, 0.3) is 0 Å². The van der Waals surface area contributed by atoms with E-state index >= 15 is 0 Å². The van der Waals surface area contributed by atoms with Crippen LogP contribution < -0.4 is 4.90 Å². The van der Waals surface area contributed by atoms with Crippen molar-refractivity contribution in [1.82, 2.24) is 15.3 Å². The number of hydrogen-bond acceptors (Lipinski definition) is 6. The predicted octanol–water partition coefficient (Wildman–Crippen LogP) is 2.73. The van der Waals surface area contributed by atoms with Crippen molar-refractivity contribution >= 4 is 34.4 Å². The normalized spacial score (nSPS) is 17.0. The average Bonchev–Trinajstić information content (AvgIpc) is 2.45. The zero-order valence-corrected chi connectivity index (χ0v) is 15.7. The number of nitrogens with zero attached hydrogens (tertiary/aromatic N) is 4. The summed E-state index contributed by atoms with van der Waals surface area (Å²) in [6.45, 7) is 7.16. The summed E-state index contributed by atoms with van der Waals surface area (Å²) in [5, 5.41) is 8.54. The first kappa shape index (κ1) is 19.2. The number of aromatic nitrogens is 2. The second-order valence-corrected chi connectivity index (χ2v) is 7.60. The lowest BCUT2D eigenvalue weighted by Gasteiger charge is -2.35. The van der Waals surface area contributed by atoms with Gasteiger partial charge in [-0.2, -0.15) is 13.2 Å². The van der Waals surface area contributed by atoms with E-state index in [-0.39, 0.29) is 9.54 Å². The van der Waals surface area contributed by atoms with Crippen molar-refractivity contribution in [2.45, 2.75) is 26.9 Å². The minimum atomic E-state index is -4.51. The Morgan fingerprint density at radius 3 is 2.21 bits per heavy atom. The number of carbonyl (C=O) groups is 1. The first-order valence-electron chi connectivity index (χ1n) is 7.31. The zero-order valence-electron chi connectivity index (χ0n) is 13.5. The van der Waals surface area contributed by atoms with Crippen LogP contribution >= 0.6 is 22.6 Å². The van der Waals surface area contributed by atoms with Gasteiger partial charge >= 0.3 is 12.1 Å². The van der Waals surface area contributed by atoms with Gasteiger partial charge in [-0.15, -0.1) is 15.3 Å². The number of rotatable bonds is 2. The van der Waals surface area contributed by atoms with Crippen LogP contribution in [0.1, 0.15) is 26.5 Å². The van der Waals surface area contributed by atoms with E-state index in [1.807, 2.05) is 4.90 Å². The molecule has 1 saturated heterocycles. The van der Waals surface area contributed by atoms with Crippen molar-refractivity contribution < 1.29 is 22.8 Å². The summed E-state index contributed by atoms with van der Waals surface area (Å²) in [7, 11) is 0. The number of carbonyl (C=O) groups excluding carboxylic acids is 1. The third kappa shape index (κ3) is 4.68. The van der Waals surface area contributed by atoms with Gasteiger partial charge in [0.05, 0.1) is 18.5 Å². The average molecular weight is 458 g/mol. The summed E-state index contributed by atoms with van der Waals surface area (Å²) in [5.41, 5.74) is -1.57. The SMILES string of the molecule is CC(C)(C)C(=O)ON1CCN(c2cc(I)c(C(F)(F)F)nn2)CC1. The quantitative estimate of drug-likeness (QED) is 0.636. The van der Waals surface area contributed by atoms with Gasteiger partial charge in [0.1, 0.15) is 0 Å². The van der Waals surface area contributed by atoms with E-state index in [0.29, 0.717) is 32.0 Å². The van der Waals surface area contributed by atoms with Gasteiger partial charge in [-0.1, -0.05) is 0 Å². The summed E-state index contributed by atoms with van der Waals surface area (Å²) in [4.78, 5) is 19.0. The molecule has 24 heavy (non-hydrogen) atoms. The van der Waals surface area contributed by atoms with Crippen molar-refractivity contribution in [3.05, 3.63) is 15.3 Å². The van der Waals surface area contributed by atoms with Gasteiger partial charge in [-0.3, -0.25) is 0 Å². The molecule has 1 fully saturated rings. The molecule has 1 aliphatic rings. The van der Waals surface area contributed by atoms with Gasteiger partial charge in [0.15, 0.2) is 11.5 Å². The van der Waals surface area contributed by atoms with E-state index in [1.165, 1.54) is 6.07 Å². The highest BCUT2D eigenvalue weighted by molar-refractivity contribution is 14.1. The molecule has 6 nitrogen and oxygen atoms in total. The minimum Gasteiger partial charge on any atom is -0.367 e. The van der Waals surface area contributed by atoms with Crippen LogP contribution in [0.2, 0.25) is 0 Å². The number of hydroxylamine groups is 2. The third-order valence-electron chi connectivity index (χ3n) is 3.39. The lowest BCUT2D eigenvalue weighted by molar-refractivity contribution is -0.201. The minimum absolute atomic E-state index is 0.00619. The van der Waals surface area contributed by atoms with Gasteiger partial charge in [0.2, 0.25) is 0 Å². The van der Waals surface area contributed by atoms with E-state index in [1.54, 1.807) is 48.4 Å². The molecular formula is C14H18F3IN4O2. The summed E-state index contributed by atoms with van der Waals surface area (Å²) in [6.07, 6.45) is -4.51. The maximum absolute atomic E-state index is 12.7. The molecule has 1 aromatic heterocycles. The van der Waals surface area contributed by atoms with Crippen LogP contribution in [0, 0.1) is 8.99 Å². The van der Waals surface area contributed by atoms with E-state index in [9.17, 15) is 18.0 Å².